The van der Waals surface area contributed by atoms with E-state index < -0.39 is 18.3 Å². The van der Waals surface area contributed by atoms with Crippen LogP contribution in [0.1, 0.15) is 28.7 Å². The SMILES string of the molecule is C=CC[C@H](NCc1ccccc1)[C@@H](OCc1ccccc1)[C@H](OCc1ccccc1)[C@@H](O)COCc1ccccc1. The van der Waals surface area contributed by atoms with E-state index in [4.69, 9.17) is 14.2 Å². The summed E-state index contributed by atoms with van der Waals surface area (Å²) in [5.74, 6) is 0. The van der Waals surface area contributed by atoms with Gasteiger partial charge in [-0.25, -0.2) is 0 Å². The molecule has 5 heteroatoms. The maximum Gasteiger partial charge on any atom is 0.114 e. The molecule has 214 valence electrons. The lowest BCUT2D eigenvalue weighted by molar-refractivity contribution is -0.156. The van der Waals surface area contributed by atoms with Gasteiger partial charge in [0.2, 0.25) is 0 Å². The topological polar surface area (TPSA) is 60.0 Å². The van der Waals surface area contributed by atoms with Crippen LogP contribution in [0, 0.1) is 0 Å². The number of benzene rings is 4. The molecular weight excluding hydrogens is 510 g/mol. The molecular formula is C36H41NO4. The molecule has 5 nitrogen and oxygen atoms in total. The third-order valence-corrected chi connectivity index (χ3v) is 6.90. The molecule has 4 atom stereocenters. The third-order valence-electron chi connectivity index (χ3n) is 6.90. The van der Waals surface area contributed by atoms with Crippen molar-refractivity contribution in [3.05, 3.63) is 156 Å². The molecule has 0 heterocycles. The molecule has 0 radical (unpaired) electrons. The Morgan fingerprint density at radius 3 is 1.54 bits per heavy atom. The standard InChI is InChI=1S/C36H41NO4/c1-2-15-33(37-24-29-16-7-3-8-17-29)35(40-26-31-20-11-5-12-21-31)36(41-27-32-22-13-6-14-23-32)34(38)28-39-25-30-18-9-4-10-19-30/h2-14,16-23,33-38H,1,15,24-28H2/t33-,34-,35+,36+/m0/s1. The number of ether oxygens (including phenoxy) is 3. The molecule has 0 aliphatic carbocycles. The van der Waals surface area contributed by atoms with Crippen LogP contribution in [0.25, 0.3) is 0 Å². The van der Waals surface area contributed by atoms with Crippen molar-refractivity contribution in [2.24, 2.45) is 0 Å². The lowest BCUT2D eigenvalue weighted by atomic mass is 9.97. The molecule has 0 saturated heterocycles. The molecule has 0 aliphatic rings. The fraction of sp³-hybridized carbons (Fsp3) is 0.278. The van der Waals surface area contributed by atoms with Gasteiger partial charge >= 0.3 is 0 Å². The van der Waals surface area contributed by atoms with E-state index in [-0.39, 0.29) is 12.6 Å². The molecule has 41 heavy (non-hydrogen) atoms. The summed E-state index contributed by atoms with van der Waals surface area (Å²) in [6.45, 7) is 5.90. The molecule has 4 rings (SSSR count). The second-order valence-corrected chi connectivity index (χ2v) is 10.1. The second-order valence-electron chi connectivity index (χ2n) is 10.1. The van der Waals surface area contributed by atoms with Gasteiger partial charge in [0.1, 0.15) is 18.3 Å². The minimum Gasteiger partial charge on any atom is -0.388 e. The Morgan fingerprint density at radius 2 is 1.05 bits per heavy atom. The van der Waals surface area contributed by atoms with Crippen molar-refractivity contribution in [3.63, 3.8) is 0 Å². The first-order valence-corrected chi connectivity index (χ1v) is 14.2. The Hall–Kier alpha value is -3.58. The largest absolute Gasteiger partial charge is 0.388 e. The Bertz CT molecular complexity index is 1240. The van der Waals surface area contributed by atoms with Crippen LogP contribution < -0.4 is 5.32 Å². The van der Waals surface area contributed by atoms with Crippen molar-refractivity contribution in [3.8, 4) is 0 Å². The fourth-order valence-electron chi connectivity index (χ4n) is 4.72. The average molecular weight is 552 g/mol. The Balaban J connectivity index is 1.56. The molecule has 0 saturated carbocycles. The van der Waals surface area contributed by atoms with Gasteiger partial charge < -0.3 is 24.6 Å². The van der Waals surface area contributed by atoms with Gasteiger partial charge in [0, 0.05) is 12.6 Å². The number of rotatable bonds is 18. The number of aliphatic hydroxyl groups is 1. The average Bonchev–Trinajstić information content (AvgIpc) is 3.03. The Kier molecular flexibility index (Phi) is 12.8. The van der Waals surface area contributed by atoms with E-state index in [0.717, 1.165) is 22.3 Å². The van der Waals surface area contributed by atoms with Crippen LogP contribution in [0.4, 0.5) is 0 Å². The second kappa shape index (κ2) is 17.3. The zero-order chi connectivity index (χ0) is 28.5. The van der Waals surface area contributed by atoms with Crippen molar-refractivity contribution < 1.29 is 19.3 Å². The van der Waals surface area contributed by atoms with Crippen LogP contribution in [0.5, 0.6) is 0 Å². The number of aliphatic hydroxyl groups excluding tert-OH is 1. The van der Waals surface area contributed by atoms with E-state index in [1.165, 1.54) is 0 Å². The Morgan fingerprint density at radius 1 is 0.610 bits per heavy atom. The molecule has 0 aromatic heterocycles. The first-order chi connectivity index (χ1) is 20.2. The van der Waals surface area contributed by atoms with E-state index in [1.807, 2.05) is 115 Å². The molecule has 2 N–H and O–H groups in total. The van der Waals surface area contributed by atoms with Gasteiger partial charge in [-0.1, -0.05) is 127 Å². The van der Waals surface area contributed by atoms with Crippen LogP contribution in [0.15, 0.2) is 134 Å². The van der Waals surface area contributed by atoms with Crippen LogP contribution in [0.2, 0.25) is 0 Å². The molecule has 0 amide bonds. The van der Waals surface area contributed by atoms with Crippen molar-refractivity contribution in [1.82, 2.24) is 5.32 Å². The smallest absolute Gasteiger partial charge is 0.114 e. The van der Waals surface area contributed by atoms with Crippen LogP contribution >= 0.6 is 0 Å². The number of nitrogens with one attached hydrogen (secondary N) is 1. The van der Waals surface area contributed by atoms with Crippen molar-refractivity contribution in [2.75, 3.05) is 6.61 Å². The minimum atomic E-state index is -0.922. The molecule has 0 bridgehead atoms. The highest BCUT2D eigenvalue weighted by Gasteiger charge is 2.36. The van der Waals surface area contributed by atoms with Gasteiger partial charge in [0.15, 0.2) is 0 Å². The summed E-state index contributed by atoms with van der Waals surface area (Å²) in [4.78, 5) is 0. The summed E-state index contributed by atoms with van der Waals surface area (Å²) in [6.07, 6.45) is 0.441. The van der Waals surface area contributed by atoms with Crippen molar-refractivity contribution in [2.45, 2.75) is 57.1 Å². The van der Waals surface area contributed by atoms with Gasteiger partial charge in [-0.15, -0.1) is 6.58 Å². The quantitative estimate of drug-likeness (QED) is 0.139. The van der Waals surface area contributed by atoms with E-state index in [2.05, 4.69) is 24.0 Å². The van der Waals surface area contributed by atoms with Gasteiger partial charge in [-0.3, -0.25) is 0 Å². The van der Waals surface area contributed by atoms with Gasteiger partial charge in [0.05, 0.1) is 26.4 Å². The number of hydrogen-bond donors (Lipinski definition) is 2. The summed E-state index contributed by atoms with van der Waals surface area (Å²) >= 11 is 0. The minimum absolute atomic E-state index is 0.110. The highest BCUT2D eigenvalue weighted by atomic mass is 16.6. The highest BCUT2D eigenvalue weighted by Crippen LogP contribution is 2.21. The van der Waals surface area contributed by atoms with E-state index in [0.29, 0.717) is 32.8 Å². The molecule has 4 aromatic rings. The van der Waals surface area contributed by atoms with Crippen LogP contribution in [0.3, 0.4) is 0 Å². The van der Waals surface area contributed by atoms with Crippen LogP contribution in [-0.2, 0) is 40.6 Å². The molecule has 0 aliphatic heterocycles. The fourth-order valence-corrected chi connectivity index (χ4v) is 4.72. The van der Waals surface area contributed by atoms with E-state index in [9.17, 15) is 5.11 Å². The summed E-state index contributed by atoms with van der Waals surface area (Å²) in [5.41, 5.74) is 4.29. The summed E-state index contributed by atoms with van der Waals surface area (Å²) in [7, 11) is 0. The normalized spacial score (nSPS) is 14.2. The summed E-state index contributed by atoms with van der Waals surface area (Å²) in [6, 6.07) is 40.1. The molecule has 0 spiro atoms. The van der Waals surface area contributed by atoms with E-state index in [1.54, 1.807) is 0 Å². The highest BCUT2D eigenvalue weighted by molar-refractivity contribution is 5.16. The maximum absolute atomic E-state index is 11.6. The van der Waals surface area contributed by atoms with Crippen LogP contribution in [-0.4, -0.2) is 36.1 Å². The first kappa shape index (κ1) is 30.4. The molecule has 0 unspecified atom stereocenters. The zero-order valence-corrected chi connectivity index (χ0v) is 23.6. The first-order valence-electron chi connectivity index (χ1n) is 14.2. The van der Waals surface area contributed by atoms with E-state index >= 15 is 0 Å². The molecule has 4 aromatic carbocycles. The predicted octanol–water partition coefficient (Wildman–Crippen LogP) is 6.47. The molecule has 0 fully saturated rings. The predicted molar refractivity (Wildman–Crippen MR) is 164 cm³/mol. The zero-order valence-electron chi connectivity index (χ0n) is 23.6. The third kappa shape index (κ3) is 10.4. The number of hydrogen-bond acceptors (Lipinski definition) is 5. The maximum atomic E-state index is 11.6. The lowest BCUT2D eigenvalue weighted by Gasteiger charge is -2.36. The van der Waals surface area contributed by atoms with Gasteiger partial charge in [-0.2, -0.15) is 0 Å². The monoisotopic (exact) mass is 551 g/mol. The van der Waals surface area contributed by atoms with Gasteiger partial charge in [0.25, 0.3) is 0 Å². The Labute approximate surface area is 244 Å². The lowest BCUT2D eigenvalue weighted by Crippen LogP contribution is -2.53. The van der Waals surface area contributed by atoms with Gasteiger partial charge in [-0.05, 0) is 28.7 Å². The summed E-state index contributed by atoms with van der Waals surface area (Å²) in [5, 5.41) is 15.2. The summed E-state index contributed by atoms with van der Waals surface area (Å²) < 4.78 is 19.1. The van der Waals surface area contributed by atoms with Crippen molar-refractivity contribution >= 4 is 0 Å². The van der Waals surface area contributed by atoms with Crippen molar-refractivity contribution in [1.29, 1.82) is 0 Å².